The lowest BCUT2D eigenvalue weighted by atomic mass is 10.2. The predicted molar refractivity (Wildman–Crippen MR) is 104 cm³/mol. The van der Waals surface area contributed by atoms with Crippen molar-refractivity contribution in [1.29, 1.82) is 0 Å². The monoisotopic (exact) mass is 495 g/mol. The van der Waals surface area contributed by atoms with Crippen molar-refractivity contribution >= 4 is 11.9 Å². The van der Waals surface area contributed by atoms with Crippen LogP contribution in [0.4, 0.5) is 26.3 Å². The third kappa shape index (κ3) is 7.50. The van der Waals surface area contributed by atoms with Crippen molar-refractivity contribution in [2.24, 2.45) is 5.73 Å². The second-order valence-electron chi connectivity index (χ2n) is 7.09. The molecule has 1 aliphatic carbocycles. The van der Waals surface area contributed by atoms with Crippen molar-refractivity contribution in [2.75, 3.05) is 7.11 Å². The van der Waals surface area contributed by atoms with Crippen LogP contribution >= 0.6 is 0 Å². The average molecular weight is 495 g/mol. The van der Waals surface area contributed by atoms with E-state index in [0.29, 0.717) is 18.5 Å². The summed E-state index contributed by atoms with van der Waals surface area (Å²) in [6.07, 6.45) is -7.07. The van der Waals surface area contributed by atoms with Gasteiger partial charge in [0.05, 0.1) is 31.1 Å². The molecule has 1 aliphatic rings. The van der Waals surface area contributed by atoms with E-state index >= 15 is 0 Å². The van der Waals surface area contributed by atoms with E-state index in [1.54, 1.807) is 6.07 Å². The molecule has 1 saturated carbocycles. The van der Waals surface area contributed by atoms with Crippen LogP contribution in [0.15, 0.2) is 36.5 Å². The quantitative estimate of drug-likeness (QED) is 0.523. The summed E-state index contributed by atoms with van der Waals surface area (Å²) in [6.45, 7) is 0.175. The Bertz CT molecular complexity index is 1020. The van der Waals surface area contributed by atoms with Crippen molar-refractivity contribution in [3.05, 3.63) is 47.8 Å². The first-order valence-corrected chi connectivity index (χ1v) is 9.41. The summed E-state index contributed by atoms with van der Waals surface area (Å²) in [4.78, 5) is 24.8. The Labute approximate surface area is 188 Å². The molecule has 3 rings (SSSR count). The maximum Gasteiger partial charge on any atom is 0.490 e. The van der Waals surface area contributed by atoms with E-state index in [0.717, 1.165) is 6.07 Å². The topological polar surface area (TPSA) is 124 Å². The number of aromatic nitrogens is 1. The molecule has 8 nitrogen and oxygen atoms in total. The Balaban J connectivity index is 0.000000509. The Kier molecular flexibility index (Phi) is 7.97. The highest BCUT2D eigenvalue weighted by Crippen LogP contribution is 2.40. The molecule has 0 unspecified atom stereocenters. The van der Waals surface area contributed by atoms with Gasteiger partial charge in [-0.05, 0) is 43.2 Å². The fraction of sp³-hybridized carbons (Fsp3) is 0.350. The SMILES string of the molecule is COc1ccc(Oc2ccc(CNC(=O)C3(N)CC3)nc2)c(C(F)(F)F)c1.O=C(O)C(F)(F)F. The number of hydrogen-bond acceptors (Lipinski definition) is 6. The average Bonchev–Trinajstić information content (AvgIpc) is 3.51. The van der Waals surface area contributed by atoms with E-state index in [2.05, 4.69) is 10.3 Å². The molecule has 0 spiro atoms. The molecular weight excluding hydrogens is 476 g/mol. The number of pyridine rings is 1. The Morgan fingerprint density at radius 2 is 1.71 bits per heavy atom. The van der Waals surface area contributed by atoms with Gasteiger partial charge in [0, 0.05) is 0 Å². The number of carboxylic acids is 1. The lowest BCUT2D eigenvalue weighted by Crippen LogP contribution is -2.42. The van der Waals surface area contributed by atoms with Crippen LogP contribution in [0.3, 0.4) is 0 Å². The zero-order valence-corrected chi connectivity index (χ0v) is 17.5. The molecule has 1 aromatic carbocycles. The summed E-state index contributed by atoms with van der Waals surface area (Å²) in [5, 5.41) is 9.81. The highest BCUT2D eigenvalue weighted by atomic mass is 19.4. The number of nitrogens with two attached hydrogens (primary N) is 1. The number of carboxylic acid groups (broad SMARTS) is 1. The maximum atomic E-state index is 13.2. The summed E-state index contributed by atoms with van der Waals surface area (Å²) < 4.78 is 81.5. The number of nitrogens with one attached hydrogen (secondary N) is 1. The number of ether oxygens (including phenoxy) is 2. The van der Waals surface area contributed by atoms with Gasteiger partial charge in [-0.15, -0.1) is 0 Å². The van der Waals surface area contributed by atoms with Gasteiger partial charge in [-0.2, -0.15) is 26.3 Å². The molecule has 1 amide bonds. The van der Waals surface area contributed by atoms with E-state index in [1.165, 1.54) is 31.5 Å². The second-order valence-corrected chi connectivity index (χ2v) is 7.09. The summed E-state index contributed by atoms with van der Waals surface area (Å²) in [5.74, 6) is -3.14. The van der Waals surface area contributed by atoms with Crippen LogP contribution in [-0.2, 0) is 22.3 Å². The summed E-state index contributed by atoms with van der Waals surface area (Å²) in [5.41, 5.74) is 4.59. The summed E-state index contributed by atoms with van der Waals surface area (Å²) in [7, 11) is 1.28. The zero-order chi connectivity index (χ0) is 25.7. The molecule has 1 fully saturated rings. The van der Waals surface area contributed by atoms with E-state index in [9.17, 15) is 31.1 Å². The van der Waals surface area contributed by atoms with Crippen LogP contribution in [0.5, 0.6) is 17.2 Å². The minimum Gasteiger partial charge on any atom is -0.497 e. The van der Waals surface area contributed by atoms with Crippen molar-refractivity contribution in [3.8, 4) is 17.2 Å². The zero-order valence-electron chi connectivity index (χ0n) is 17.5. The molecule has 1 aromatic heterocycles. The number of methoxy groups -OCH3 is 1. The van der Waals surface area contributed by atoms with Crippen molar-refractivity contribution < 1.29 is 50.5 Å². The van der Waals surface area contributed by atoms with E-state index < -0.39 is 29.4 Å². The van der Waals surface area contributed by atoms with E-state index in [1.807, 2.05) is 0 Å². The number of carbonyl (C=O) groups is 2. The van der Waals surface area contributed by atoms with Gasteiger partial charge in [0.1, 0.15) is 22.8 Å². The molecular formula is C20H19F6N3O5. The fourth-order valence-corrected chi connectivity index (χ4v) is 2.36. The Morgan fingerprint density at radius 1 is 1.12 bits per heavy atom. The van der Waals surface area contributed by atoms with E-state index in [4.69, 9.17) is 25.1 Å². The number of hydrogen-bond donors (Lipinski definition) is 3. The molecule has 2 aromatic rings. The first kappa shape index (κ1) is 26.7. The van der Waals surface area contributed by atoms with Gasteiger partial charge in [0.15, 0.2) is 0 Å². The van der Waals surface area contributed by atoms with Gasteiger partial charge in [-0.1, -0.05) is 0 Å². The largest absolute Gasteiger partial charge is 0.497 e. The highest BCUT2D eigenvalue weighted by Gasteiger charge is 2.45. The smallest absolute Gasteiger partial charge is 0.490 e. The number of amides is 1. The van der Waals surface area contributed by atoms with Gasteiger partial charge in [-0.3, -0.25) is 9.78 Å². The second kappa shape index (κ2) is 10.2. The molecule has 0 bridgehead atoms. The first-order valence-electron chi connectivity index (χ1n) is 9.41. The highest BCUT2D eigenvalue weighted by molar-refractivity contribution is 5.88. The molecule has 0 saturated heterocycles. The van der Waals surface area contributed by atoms with Crippen LogP contribution in [0.25, 0.3) is 0 Å². The molecule has 1 heterocycles. The number of carbonyl (C=O) groups excluding carboxylic acids is 1. The number of benzene rings is 1. The normalized spacial score (nSPS) is 14.4. The molecule has 0 radical (unpaired) electrons. The van der Waals surface area contributed by atoms with Crippen LogP contribution < -0.4 is 20.5 Å². The molecule has 14 heteroatoms. The Morgan fingerprint density at radius 3 is 2.15 bits per heavy atom. The van der Waals surface area contributed by atoms with Crippen molar-refractivity contribution in [3.63, 3.8) is 0 Å². The lowest BCUT2D eigenvalue weighted by molar-refractivity contribution is -0.192. The maximum absolute atomic E-state index is 13.2. The van der Waals surface area contributed by atoms with Gasteiger partial charge in [-0.25, -0.2) is 4.79 Å². The molecule has 186 valence electrons. The van der Waals surface area contributed by atoms with Gasteiger partial charge in [0.2, 0.25) is 5.91 Å². The van der Waals surface area contributed by atoms with Gasteiger partial charge >= 0.3 is 18.3 Å². The number of halogens is 6. The van der Waals surface area contributed by atoms with Crippen LogP contribution in [-0.4, -0.2) is 40.8 Å². The predicted octanol–water partition coefficient (Wildman–Crippen LogP) is 3.64. The van der Waals surface area contributed by atoms with Crippen molar-refractivity contribution in [1.82, 2.24) is 10.3 Å². The van der Waals surface area contributed by atoms with Crippen LogP contribution in [0.1, 0.15) is 24.1 Å². The minimum absolute atomic E-state index is 0.0761. The fourth-order valence-electron chi connectivity index (χ4n) is 2.36. The number of rotatable bonds is 6. The molecule has 4 N–H and O–H groups in total. The van der Waals surface area contributed by atoms with Crippen LogP contribution in [0.2, 0.25) is 0 Å². The molecule has 0 aliphatic heterocycles. The third-order valence-corrected chi connectivity index (χ3v) is 4.43. The number of aliphatic carboxylic acids is 1. The van der Waals surface area contributed by atoms with Gasteiger partial charge in [0.25, 0.3) is 0 Å². The summed E-state index contributed by atoms with van der Waals surface area (Å²) >= 11 is 0. The van der Waals surface area contributed by atoms with Gasteiger partial charge < -0.3 is 25.6 Å². The lowest BCUT2D eigenvalue weighted by Gasteiger charge is -2.15. The Hall–Kier alpha value is -3.55. The summed E-state index contributed by atoms with van der Waals surface area (Å²) in [6, 6.07) is 6.47. The van der Waals surface area contributed by atoms with E-state index in [-0.39, 0.29) is 29.7 Å². The number of alkyl halides is 6. The van der Waals surface area contributed by atoms with Crippen LogP contribution in [0, 0.1) is 0 Å². The van der Waals surface area contributed by atoms with Crippen molar-refractivity contribution in [2.45, 2.75) is 37.3 Å². The number of nitrogens with zero attached hydrogens (tertiary/aromatic N) is 1. The minimum atomic E-state index is -5.08. The first-order chi connectivity index (χ1) is 15.7. The molecule has 0 atom stereocenters. The third-order valence-electron chi connectivity index (χ3n) is 4.43. The standard InChI is InChI=1S/C18H18F3N3O3.C2HF3O2/c1-26-12-4-5-15(14(8-12)18(19,20)21)27-13-3-2-11(23-10-13)9-24-16(25)17(22)6-7-17;3-2(4,5)1(6)7/h2-5,8,10H,6-7,9,22H2,1H3,(H,24,25);(H,6,7). The molecule has 34 heavy (non-hydrogen) atoms.